The number of para-hydroxylation sites is 1. The number of imidazole rings is 1. The number of aromatic nitrogens is 2. The average Bonchev–Trinajstić information content (AvgIpc) is 3.32. The molecule has 4 rings (SSSR count). The molecule has 0 saturated carbocycles. The molecule has 2 amide bonds. The van der Waals surface area contributed by atoms with Crippen molar-refractivity contribution in [2.24, 2.45) is 0 Å². The van der Waals surface area contributed by atoms with Crippen molar-refractivity contribution in [3.05, 3.63) is 84.4 Å². The number of nitrogens with one attached hydrogen (secondary N) is 1. The maximum Gasteiger partial charge on any atom is 0.238 e. The number of hydrogen-bond donors (Lipinski definition) is 1. The number of fused-ring (bicyclic) bond motifs is 1. The number of likely N-dealkylation sites (N-methyl/N-ethyl adjacent to an activating group) is 1. The third-order valence-electron chi connectivity index (χ3n) is 5.56. The molecule has 6 nitrogen and oxygen atoms in total. The molecule has 1 N–H and O–H groups in total. The molecule has 0 bridgehead atoms. The highest BCUT2D eigenvalue weighted by atomic mass is 16.2. The fourth-order valence-electron chi connectivity index (χ4n) is 4.14. The van der Waals surface area contributed by atoms with Crippen molar-refractivity contribution in [1.82, 2.24) is 14.9 Å². The molecule has 6 heteroatoms. The highest BCUT2D eigenvalue weighted by Crippen LogP contribution is 2.45. The Kier molecular flexibility index (Phi) is 5.16. The summed E-state index contributed by atoms with van der Waals surface area (Å²) < 4.78 is 1.91. The summed E-state index contributed by atoms with van der Waals surface area (Å²) in [6.45, 7) is 1.13. The number of hydrogen-bond acceptors (Lipinski definition) is 3. The summed E-state index contributed by atoms with van der Waals surface area (Å²) in [4.78, 5) is 32.0. The smallest absolute Gasteiger partial charge is 0.238 e. The summed E-state index contributed by atoms with van der Waals surface area (Å²) in [5.74, 6) is -0.160. The lowest BCUT2D eigenvalue weighted by molar-refractivity contribution is -0.129. The Morgan fingerprint density at radius 1 is 1.10 bits per heavy atom. The van der Waals surface area contributed by atoms with E-state index in [-0.39, 0.29) is 18.2 Å². The van der Waals surface area contributed by atoms with Crippen LogP contribution < -0.4 is 10.2 Å². The van der Waals surface area contributed by atoms with Gasteiger partial charge in [-0.1, -0.05) is 48.5 Å². The summed E-state index contributed by atoms with van der Waals surface area (Å²) in [6, 6.07) is 17.7. The van der Waals surface area contributed by atoms with E-state index < -0.39 is 5.41 Å². The summed E-state index contributed by atoms with van der Waals surface area (Å²) in [5, 5.41) is 2.97. The maximum absolute atomic E-state index is 13.4. The zero-order chi connectivity index (χ0) is 20.3. The van der Waals surface area contributed by atoms with Gasteiger partial charge in [-0.25, -0.2) is 4.98 Å². The minimum Gasteiger partial charge on any atom is -0.354 e. The lowest BCUT2D eigenvalue weighted by Crippen LogP contribution is -2.44. The third-order valence-corrected chi connectivity index (χ3v) is 5.56. The van der Waals surface area contributed by atoms with Crippen LogP contribution in [0.1, 0.15) is 17.5 Å². The molecule has 0 radical (unpaired) electrons. The highest BCUT2D eigenvalue weighted by Gasteiger charge is 2.50. The molecule has 1 atom stereocenters. The van der Waals surface area contributed by atoms with Crippen molar-refractivity contribution < 1.29 is 9.59 Å². The van der Waals surface area contributed by atoms with Crippen molar-refractivity contribution in [2.45, 2.75) is 24.8 Å². The third kappa shape index (κ3) is 3.66. The van der Waals surface area contributed by atoms with E-state index in [4.69, 9.17) is 0 Å². The first-order valence-electron chi connectivity index (χ1n) is 9.74. The monoisotopic (exact) mass is 388 g/mol. The van der Waals surface area contributed by atoms with Gasteiger partial charge in [-0.05, 0) is 23.6 Å². The van der Waals surface area contributed by atoms with Crippen LogP contribution in [0.4, 0.5) is 5.69 Å². The Balaban J connectivity index is 1.59. The van der Waals surface area contributed by atoms with Crippen LogP contribution in [0.3, 0.4) is 0 Å². The maximum atomic E-state index is 13.4. The van der Waals surface area contributed by atoms with Gasteiger partial charge in [-0.2, -0.15) is 0 Å². The second-order valence-corrected chi connectivity index (χ2v) is 7.45. The molecule has 3 aromatic rings. The number of carbonyl (C=O) groups excluding carboxylic acids is 2. The fraction of sp³-hybridized carbons (Fsp3) is 0.261. The Bertz CT molecular complexity index is 1000. The van der Waals surface area contributed by atoms with Gasteiger partial charge >= 0.3 is 0 Å². The van der Waals surface area contributed by atoms with Crippen LogP contribution in [0.5, 0.6) is 0 Å². The van der Waals surface area contributed by atoms with E-state index in [1.54, 1.807) is 24.5 Å². The molecular formula is C23H24N4O2. The molecule has 1 aliphatic heterocycles. The number of carbonyl (C=O) groups is 2. The van der Waals surface area contributed by atoms with Crippen molar-refractivity contribution in [2.75, 3.05) is 18.5 Å². The molecule has 2 heterocycles. The lowest BCUT2D eigenvalue weighted by atomic mass is 9.73. The molecule has 148 valence electrons. The molecule has 0 aliphatic carbocycles. The number of rotatable bonds is 7. The first-order chi connectivity index (χ1) is 14.1. The standard InChI is InChI=1S/C23H24N4O2/c1-26-20-10-6-5-9-19(20)23(22(26)29,15-18-7-3-2-4-8-18)16-21(28)25-12-14-27-13-11-24-17-27/h2-11,13,17H,12,14-16H2,1H3,(H,25,28)/t23-/m0/s1. The van der Waals surface area contributed by atoms with E-state index in [9.17, 15) is 9.59 Å². The molecule has 0 unspecified atom stereocenters. The Hall–Kier alpha value is -3.41. The van der Waals surface area contributed by atoms with Crippen LogP contribution in [0.15, 0.2) is 73.3 Å². The molecule has 0 saturated heterocycles. The SMILES string of the molecule is CN1C(=O)[C@](CC(=O)NCCn2ccnc2)(Cc2ccccc2)c2ccccc21. The summed E-state index contributed by atoms with van der Waals surface area (Å²) in [7, 11) is 1.78. The van der Waals surface area contributed by atoms with E-state index in [1.807, 2.05) is 65.4 Å². The Morgan fingerprint density at radius 3 is 2.62 bits per heavy atom. The normalized spacial score (nSPS) is 18.0. The zero-order valence-corrected chi connectivity index (χ0v) is 16.4. The van der Waals surface area contributed by atoms with Gasteiger partial charge in [0, 0.05) is 44.6 Å². The largest absolute Gasteiger partial charge is 0.354 e. The van der Waals surface area contributed by atoms with Crippen LogP contribution in [0, 0.1) is 0 Å². The van der Waals surface area contributed by atoms with Gasteiger partial charge in [0.15, 0.2) is 0 Å². The number of nitrogens with zero attached hydrogens (tertiary/aromatic N) is 3. The molecule has 0 spiro atoms. The highest BCUT2D eigenvalue weighted by molar-refractivity contribution is 6.09. The molecule has 0 fully saturated rings. The van der Waals surface area contributed by atoms with Gasteiger partial charge in [0.25, 0.3) is 0 Å². The Morgan fingerprint density at radius 2 is 1.86 bits per heavy atom. The molecule has 1 aliphatic rings. The summed E-state index contributed by atoms with van der Waals surface area (Å²) in [5.41, 5.74) is 1.93. The van der Waals surface area contributed by atoms with Gasteiger partial charge in [0.05, 0.1) is 11.7 Å². The van der Waals surface area contributed by atoms with E-state index in [0.29, 0.717) is 19.5 Å². The average molecular weight is 388 g/mol. The van der Waals surface area contributed by atoms with E-state index in [2.05, 4.69) is 10.3 Å². The second-order valence-electron chi connectivity index (χ2n) is 7.45. The van der Waals surface area contributed by atoms with Crippen molar-refractivity contribution in [3.63, 3.8) is 0 Å². The number of anilines is 1. The fourth-order valence-corrected chi connectivity index (χ4v) is 4.14. The molecule has 1 aromatic heterocycles. The zero-order valence-electron chi connectivity index (χ0n) is 16.4. The van der Waals surface area contributed by atoms with Gasteiger partial charge in [0.1, 0.15) is 0 Å². The Labute approximate surface area is 170 Å². The molecular weight excluding hydrogens is 364 g/mol. The van der Waals surface area contributed by atoms with E-state index in [0.717, 1.165) is 16.8 Å². The predicted octanol–water partition coefficient (Wildman–Crippen LogP) is 2.55. The van der Waals surface area contributed by atoms with Gasteiger partial charge in [-0.3, -0.25) is 9.59 Å². The van der Waals surface area contributed by atoms with Crippen LogP contribution >= 0.6 is 0 Å². The van der Waals surface area contributed by atoms with Crippen LogP contribution in [-0.2, 0) is 28.0 Å². The van der Waals surface area contributed by atoms with Crippen molar-refractivity contribution in [1.29, 1.82) is 0 Å². The first-order valence-corrected chi connectivity index (χ1v) is 9.74. The minimum atomic E-state index is -0.897. The summed E-state index contributed by atoms with van der Waals surface area (Å²) >= 11 is 0. The lowest BCUT2D eigenvalue weighted by Gasteiger charge is -2.28. The van der Waals surface area contributed by atoms with Crippen LogP contribution in [-0.4, -0.2) is 35.0 Å². The second kappa shape index (κ2) is 7.91. The van der Waals surface area contributed by atoms with Crippen LogP contribution in [0.25, 0.3) is 0 Å². The topological polar surface area (TPSA) is 67.2 Å². The number of benzene rings is 2. The van der Waals surface area contributed by atoms with Crippen molar-refractivity contribution in [3.8, 4) is 0 Å². The first kappa shape index (κ1) is 18.9. The predicted molar refractivity (Wildman–Crippen MR) is 112 cm³/mol. The molecule has 29 heavy (non-hydrogen) atoms. The van der Waals surface area contributed by atoms with Gasteiger partial charge in [-0.15, -0.1) is 0 Å². The minimum absolute atomic E-state index is 0.0349. The van der Waals surface area contributed by atoms with E-state index >= 15 is 0 Å². The number of amides is 2. The quantitative estimate of drug-likeness (QED) is 0.676. The summed E-state index contributed by atoms with van der Waals surface area (Å²) in [6.07, 6.45) is 5.89. The van der Waals surface area contributed by atoms with E-state index in [1.165, 1.54) is 0 Å². The van der Waals surface area contributed by atoms with Crippen LogP contribution in [0.2, 0.25) is 0 Å². The van der Waals surface area contributed by atoms with Gasteiger partial charge in [0.2, 0.25) is 11.8 Å². The van der Waals surface area contributed by atoms with Gasteiger partial charge < -0.3 is 14.8 Å². The van der Waals surface area contributed by atoms with Crippen molar-refractivity contribution >= 4 is 17.5 Å². The molecule has 2 aromatic carbocycles.